The lowest BCUT2D eigenvalue weighted by Crippen LogP contribution is -2.31. The van der Waals surface area contributed by atoms with Crippen molar-refractivity contribution in [3.63, 3.8) is 0 Å². The number of carbonyl (C=O) groups is 1. The summed E-state index contributed by atoms with van der Waals surface area (Å²) in [6, 6.07) is 6.36. The first-order valence-electron chi connectivity index (χ1n) is 9.07. The van der Waals surface area contributed by atoms with Gasteiger partial charge in [0, 0.05) is 29.7 Å². The first kappa shape index (κ1) is 21.9. The highest BCUT2D eigenvalue weighted by atomic mass is 19.4. The van der Waals surface area contributed by atoms with E-state index in [1.165, 1.54) is 12.1 Å². The summed E-state index contributed by atoms with van der Waals surface area (Å²) in [6.07, 6.45) is -7.69. The zero-order chi connectivity index (χ0) is 22.3. The molecule has 0 fully saturated rings. The van der Waals surface area contributed by atoms with Crippen LogP contribution in [0, 0.1) is 5.41 Å². The van der Waals surface area contributed by atoms with E-state index in [-0.39, 0.29) is 29.0 Å². The largest absolute Gasteiger partial charge is 0.433 e. The van der Waals surface area contributed by atoms with Crippen LogP contribution in [-0.2, 0) is 23.6 Å². The summed E-state index contributed by atoms with van der Waals surface area (Å²) < 4.78 is 73.9. The number of hydrogen-bond donors (Lipinski definition) is 2. The molecule has 2 N–H and O–H groups in total. The molecule has 30 heavy (non-hydrogen) atoms. The number of carbonyl (C=O) groups excluding carboxylic acids is 1. The molecule has 0 unspecified atom stereocenters. The second-order valence-electron chi connectivity index (χ2n) is 7.99. The Morgan fingerprint density at radius 1 is 0.967 bits per heavy atom. The highest BCUT2D eigenvalue weighted by Gasteiger charge is 2.42. The number of alkyl halides is 6. The lowest BCUT2D eigenvalue weighted by Gasteiger charge is -2.34. The van der Waals surface area contributed by atoms with E-state index in [1.807, 2.05) is 18.9 Å². The number of rotatable bonds is 0. The lowest BCUT2D eigenvalue weighted by atomic mass is 9.74. The maximum Gasteiger partial charge on any atom is 0.433 e. The molecule has 2 heterocycles. The minimum Gasteiger partial charge on any atom is -0.342 e. The van der Waals surface area contributed by atoms with E-state index in [0.29, 0.717) is 24.1 Å². The van der Waals surface area contributed by atoms with E-state index in [1.54, 1.807) is 6.07 Å². The minimum atomic E-state index is -4.49. The van der Waals surface area contributed by atoms with Gasteiger partial charge in [-0.25, -0.2) is 0 Å². The second-order valence-corrected chi connectivity index (χ2v) is 7.99. The molecule has 0 saturated carbocycles. The number of aromatic nitrogens is 2. The van der Waals surface area contributed by atoms with Gasteiger partial charge >= 0.3 is 12.4 Å². The van der Waals surface area contributed by atoms with Crippen LogP contribution in [0.1, 0.15) is 43.5 Å². The number of ketones is 1. The van der Waals surface area contributed by atoms with Crippen molar-refractivity contribution in [3.8, 4) is 0 Å². The number of Topliss-reactive ketones (excluding diaryl/α,β-unsaturated/α-hetero) is 1. The van der Waals surface area contributed by atoms with Crippen LogP contribution >= 0.6 is 0 Å². The third-order valence-corrected chi connectivity index (χ3v) is 4.87. The number of nitrogens with zero attached hydrogens (tertiary/aromatic N) is 1. The van der Waals surface area contributed by atoms with Crippen LogP contribution in [-0.4, -0.2) is 16.0 Å². The molecule has 4 rings (SSSR count). The number of aromatic amines is 1. The van der Waals surface area contributed by atoms with E-state index in [9.17, 15) is 31.1 Å². The Hall–Kier alpha value is -2.78. The van der Waals surface area contributed by atoms with Crippen molar-refractivity contribution in [3.05, 3.63) is 58.4 Å². The topological polar surface area (TPSA) is 57.8 Å². The molecule has 0 bridgehead atoms. The summed E-state index contributed by atoms with van der Waals surface area (Å²) in [5.74, 6) is 0.102. The number of benzene rings is 1. The monoisotopic (exact) mass is 431 g/mol. The zero-order valence-corrected chi connectivity index (χ0v) is 16.1. The van der Waals surface area contributed by atoms with Gasteiger partial charge in [-0.05, 0) is 11.8 Å². The maximum atomic E-state index is 12.9. The van der Waals surface area contributed by atoms with Gasteiger partial charge in [-0.2, -0.15) is 31.4 Å². The molecular weight excluding hydrogens is 412 g/mol. The van der Waals surface area contributed by atoms with Crippen molar-refractivity contribution in [2.24, 2.45) is 5.41 Å². The third kappa shape index (κ3) is 4.68. The van der Waals surface area contributed by atoms with Gasteiger partial charge in [0.25, 0.3) is 0 Å². The highest BCUT2D eigenvalue weighted by Crippen LogP contribution is 2.43. The lowest BCUT2D eigenvalue weighted by molar-refractivity contribution is -0.142. The van der Waals surface area contributed by atoms with Crippen molar-refractivity contribution in [1.29, 1.82) is 0 Å². The highest BCUT2D eigenvalue weighted by molar-refractivity contribution is 5.99. The standard InChI is InChI=1S/C13H14F3N3O.C7H5F3/c1-12(2)4-8-6(9(20)5-12)3-7-10(13(14,15)16)18-19-11(7)17-8;8-7(9,10)6-4-2-1-3-5-6/h3-5H2,1-2H3,(H2,17,18,19);1-5H. The van der Waals surface area contributed by atoms with Crippen molar-refractivity contribution in [2.75, 3.05) is 5.32 Å². The fourth-order valence-corrected chi connectivity index (χ4v) is 3.50. The Bertz CT molecular complexity index is 971. The van der Waals surface area contributed by atoms with Crippen molar-refractivity contribution in [2.45, 2.75) is 45.5 Å². The summed E-state index contributed by atoms with van der Waals surface area (Å²) in [7, 11) is 0. The Kier molecular flexibility index (Phi) is 5.46. The maximum absolute atomic E-state index is 12.9. The van der Waals surface area contributed by atoms with E-state index < -0.39 is 23.6 Å². The predicted molar refractivity (Wildman–Crippen MR) is 97.4 cm³/mol. The van der Waals surface area contributed by atoms with Crippen molar-refractivity contribution < 1.29 is 31.1 Å². The SMILES string of the molecule is CC1(C)CC(=O)C2=C(C1)Nc1n[nH]c(C(F)(F)F)c1C2.FC(F)(F)c1ccccc1. The Balaban J connectivity index is 0.000000216. The number of nitrogens with one attached hydrogen (secondary N) is 2. The first-order valence-corrected chi connectivity index (χ1v) is 9.07. The van der Waals surface area contributed by atoms with Gasteiger partial charge in [-0.1, -0.05) is 44.2 Å². The third-order valence-electron chi connectivity index (χ3n) is 4.87. The van der Waals surface area contributed by atoms with Gasteiger partial charge in [0.05, 0.1) is 5.56 Å². The summed E-state index contributed by atoms with van der Waals surface area (Å²) >= 11 is 0. The van der Waals surface area contributed by atoms with E-state index >= 15 is 0 Å². The molecule has 0 amide bonds. The van der Waals surface area contributed by atoms with E-state index in [4.69, 9.17) is 0 Å². The van der Waals surface area contributed by atoms with Crippen molar-refractivity contribution >= 4 is 11.6 Å². The Morgan fingerprint density at radius 2 is 1.60 bits per heavy atom. The van der Waals surface area contributed by atoms with Crippen LogP contribution in [0.4, 0.5) is 32.2 Å². The molecule has 0 saturated heterocycles. The van der Waals surface area contributed by atoms with Crippen LogP contribution in [0.3, 0.4) is 0 Å². The molecule has 1 aromatic carbocycles. The summed E-state index contributed by atoms with van der Waals surface area (Å²) in [5, 5.41) is 8.61. The fraction of sp³-hybridized carbons (Fsp3) is 0.400. The molecule has 1 aliphatic carbocycles. The average molecular weight is 431 g/mol. The van der Waals surface area contributed by atoms with Gasteiger partial charge in [0.1, 0.15) is 5.69 Å². The molecule has 2 aliphatic rings. The second kappa shape index (κ2) is 7.48. The quantitative estimate of drug-likeness (QED) is 0.523. The molecule has 1 aliphatic heterocycles. The number of halogens is 6. The molecule has 0 spiro atoms. The van der Waals surface area contributed by atoms with E-state index in [2.05, 4.69) is 10.4 Å². The molecule has 10 heteroatoms. The minimum absolute atomic E-state index is 0.00206. The van der Waals surface area contributed by atoms with Crippen LogP contribution in [0.2, 0.25) is 0 Å². The van der Waals surface area contributed by atoms with Crippen LogP contribution in [0.25, 0.3) is 0 Å². The predicted octanol–water partition coefficient (Wildman–Crippen LogP) is 5.75. The number of allylic oxidation sites excluding steroid dienone is 2. The molecular formula is C20H19F6N3O. The van der Waals surface area contributed by atoms with Gasteiger partial charge in [0.15, 0.2) is 11.6 Å². The Labute approximate surface area is 168 Å². The normalized spacial score (nSPS) is 18.1. The summed E-state index contributed by atoms with van der Waals surface area (Å²) in [4.78, 5) is 12.1. The van der Waals surface area contributed by atoms with Crippen LogP contribution in [0.15, 0.2) is 41.6 Å². The molecule has 162 valence electrons. The summed E-state index contributed by atoms with van der Waals surface area (Å²) in [6.45, 7) is 3.94. The van der Waals surface area contributed by atoms with Gasteiger partial charge < -0.3 is 5.32 Å². The van der Waals surface area contributed by atoms with Gasteiger partial charge in [-0.3, -0.25) is 9.89 Å². The van der Waals surface area contributed by atoms with E-state index in [0.717, 1.165) is 12.1 Å². The van der Waals surface area contributed by atoms with Crippen molar-refractivity contribution in [1.82, 2.24) is 10.2 Å². The van der Waals surface area contributed by atoms with Crippen LogP contribution < -0.4 is 5.32 Å². The average Bonchev–Trinajstić information content (AvgIpc) is 3.03. The smallest absolute Gasteiger partial charge is 0.342 e. The Morgan fingerprint density at radius 3 is 2.13 bits per heavy atom. The molecule has 4 nitrogen and oxygen atoms in total. The molecule has 2 aromatic rings. The number of fused-ring (bicyclic) bond motifs is 1. The number of anilines is 1. The summed E-state index contributed by atoms with van der Waals surface area (Å²) in [5.41, 5.74) is -0.449. The molecule has 0 radical (unpaired) electrons. The van der Waals surface area contributed by atoms with Gasteiger partial charge in [0.2, 0.25) is 0 Å². The zero-order valence-electron chi connectivity index (χ0n) is 16.1. The number of H-pyrrole nitrogens is 1. The number of hydrogen-bond acceptors (Lipinski definition) is 3. The van der Waals surface area contributed by atoms with Gasteiger partial charge in [-0.15, -0.1) is 0 Å². The van der Waals surface area contributed by atoms with Crippen LogP contribution in [0.5, 0.6) is 0 Å². The fourth-order valence-electron chi connectivity index (χ4n) is 3.50. The molecule has 0 atom stereocenters. The first-order chi connectivity index (χ1) is 13.8. The molecule has 1 aromatic heterocycles.